The molecule has 0 saturated carbocycles. The van der Waals surface area contributed by atoms with Gasteiger partial charge < -0.3 is 0 Å². The quantitative estimate of drug-likeness (QED) is 0.0881. The zero-order valence-corrected chi connectivity index (χ0v) is 32.6. The standard InChI is InChI=1S/C40H46S6/c1-5-9-15-27-29(17-11-7-3)39(45-37(27)33-19-13-25-41-33)35-23-21-31(43-35)32-22-24-36(44-32)40-30(18-12-8-4)28(16-10-6-2)38(46-40)34-20-14-26-42-34/h13-14,19-26H,5-12,15-18H2,1-4H3. The Morgan fingerprint density at radius 2 is 0.696 bits per heavy atom. The topological polar surface area (TPSA) is 0 Å². The first-order valence-electron chi connectivity index (χ1n) is 17.2. The fraction of sp³-hybridized carbons (Fsp3) is 0.400. The van der Waals surface area contributed by atoms with E-state index in [1.165, 1.54) is 126 Å². The Morgan fingerprint density at radius 1 is 0.370 bits per heavy atom. The van der Waals surface area contributed by atoms with Gasteiger partial charge in [0.25, 0.3) is 0 Å². The summed E-state index contributed by atoms with van der Waals surface area (Å²) in [5.41, 5.74) is 6.51. The van der Waals surface area contributed by atoms with Gasteiger partial charge in [-0.25, -0.2) is 0 Å². The van der Waals surface area contributed by atoms with Crippen molar-refractivity contribution in [1.29, 1.82) is 0 Å². The first kappa shape index (κ1) is 34.1. The fourth-order valence-corrected chi connectivity index (χ4v) is 13.2. The van der Waals surface area contributed by atoms with Gasteiger partial charge in [-0.2, -0.15) is 0 Å². The van der Waals surface area contributed by atoms with Crippen LogP contribution in [0.4, 0.5) is 0 Å². The largest absolute Gasteiger partial charge is 0.143 e. The molecule has 0 N–H and O–H groups in total. The maximum atomic E-state index is 2.41. The Labute approximate surface area is 300 Å². The molecule has 0 saturated heterocycles. The molecular weight excluding hydrogens is 673 g/mol. The monoisotopic (exact) mass is 718 g/mol. The third kappa shape index (κ3) is 7.43. The predicted molar refractivity (Wildman–Crippen MR) is 215 cm³/mol. The molecule has 6 rings (SSSR count). The summed E-state index contributed by atoms with van der Waals surface area (Å²) in [4.78, 5) is 14.7. The van der Waals surface area contributed by atoms with Gasteiger partial charge in [-0.1, -0.05) is 65.5 Å². The lowest BCUT2D eigenvalue weighted by Crippen LogP contribution is -1.94. The summed E-state index contributed by atoms with van der Waals surface area (Å²) in [7, 11) is 0. The lowest BCUT2D eigenvalue weighted by molar-refractivity contribution is 0.764. The van der Waals surface area contributed by atoms with Gasteiger partial charge in [0.1, 0.15) is 0 Å². The molecule has 0 spiro atoms. The zero-order chi connectivity index (χ0) is 31.9. The molecule has 0 atom stereocenters. The van der Waals surface area contributed by atoms with Gasteiger partial charge in [0, 0.05) is 48.8 Å². The molecule has 0 unspecified atom stereocenters. The van der Waals surface area contributed by atoms with Crippen LogP contribution in [-0.4, -0.2) is 0 Å². The van der Waals surface area contributed by atoms with Crippen molar-refractivity contribution in [3.8, 4) is 48.8 Å². The van der Waals surface area contributed by atoms with Crippen LogP contribution in [0.5, 0.6) is 0 Å². The maximum absolute atomic E-state index is 2.41. The number of hydrogen-bond acceptors (Lipinski definition) is 6. The second-order valence-electron chi connectivity index (χ2n) is 12.1. The molecule has 6 heterocycles. The molecule has 6 aromatic rings. The Morgan fingerprint density at radius 3 is 1.00 bits per heavy atom. The van der Waals surface area contributed by atoms with Crippen LogP contribution in [0.25, 0.3) is 48.8 Å². The minimum Gasteiger partial charge on any atom is -0.143 e. The molecule has 0 aliphatic rings. The van der Waals surface area contributed by atoms with E-state index < -0.39 is 0 Å². The number of rotatable bonds is 17. The molecule has 242 valence electrons. The third-order valence-corrected chi connectivity index (χ3v) is 16.1. The van der Waals surface area contributed by atoms with E-state index in [1.54, 1.807) is 22.3 Å². The zero-order valence-electron chi connectivity index (χ0n) is 27.7. The molecule has 0 aromatic carbocycles. The molecule has 0 aliphatic heterocycles. The Bertz CT molecular complexity index is 1650. The van der Waals surface area contributed by atoms with E-state index in [0.717, 1.165) is 0 Å². The fourth-order valence-electron chi connectivity index (χ4n) is 6.27. The summed E-state index contributed by atoms with van der Waals surface area (Å²) in [6, 6.07) is 18.7. The molecule has 6 aromatic heterocycles. The van der Waals surface area contributed by atoms with Gasteiger partial charge in [-0.3, -0.25) is 0 Å². The molecule has 0 fully saturated rings. The van der Waals surface area contributed by atoms with Gasteiger partial charge in [-0.05, 0) is 121 Å². The summed E-state index contributed by atoms with van der Waals surface area (Å²) < 4.78 is 0. The van der Waals surface area contributed by atoms with E-state index in [9.17, 15) is 0 Å². The van der Waals surface area contributed by atoms with Crippen molar-refractivity contribution in [2.24, 2.45) is 0 Å². The normalized spacial score (nSPS) is 11.7. The van der Waals surface area contributed by atoms with Crippen molar-refractivity contribution in [1.82, 2.24) is 0 Å². The van der Waals surface area contributed by atoms with Crippen LogP contribution in [0.2, 0.25) is 0 Å². The molecule has 0 amide bonds. The molecular formula is C40H46S6. The van der Waals surface area contributed by atoms with Crippen molar-refractivity contribution in [3.05, 3.63) is 81.5 Å². The summed E-state index contributed by atoms with van der Waals surface area (Å²) in [5, 5.41) is 4.47. The first-order valence-corrected chi connectivity index (χ1v) is 22.3. The average molecular weight is 719 g/mol. The minimum atomic E-state index is 1.19. The Hall–Kier alpha value is -1.80. The maximum Gasteiger partial charge on any atom is 0.0484 e. The van der Waals surface area contributed by atoms with Crippen LogP contribution in [0.3, 0.4) is 0 Å². The molecule has 46 heavy (non-hydrogen) atoms. The van der Waals surface area contributed by atoms with Crippen LogP contribution in [0.1, 0.15) is 101 Å². The highest BCUT2D eigenvalue weighted by molar-refractivity contribution is 7.30. The highest BCUT2D eigenvalue weighted by Gasteiger charge is 2.24. The van der Waals surface area contributed by atoms with Gasteiger partial charge >= 0.3 is 0 Å². The summed E-state index contributed by atoms with van der Waals surface area (Å²) in [6.45, 7) is 9.30. The molecule has 6 heteroatoms. The molecule has 0 radical (unpaired) electrons. The lowest BCUT2D eigenvalue weighted by Gasteiger charge is -2.08. The van der Waals surface area contributed by atoms with Crippen LogP contribution >= 0.6 is 68.0 Å². The number of hydrogen-bond donors (Lipinski definition) is 0. The van der Waals surface area contributed by atoms with Crippen LogP contribution in [-0.2, 0) is 25.7 Å². The predicted octanol–water partition coefficient (Wildman–Crippen LogP) is 15.8. The van der Waals surface area contributed by atoms with Crippen LogP contribution in [0.15, 0.2) is 59.3 Å². The molecule has 0 bridgehead atoms. The van der Waals surface area contributed by atoms with E-state index in [-0.39, 0.29) is 0 Å². The Kier molecular flexibility index (Phi) is 12.3. The second-order valence-corrected chi connectivity index (χ2v) is 18.2. The highest BCUT2D eigenvalue weighted by Crippen LogP contribution is 2.51. The van der Waals surface area contributed by atoms with E-state index >= 15 is 0 Å². The Balaban J connectivity index is 1.37. The van der Waals surface area contributed by atoms with E-state index in [2.05, 4.69) is 110 Å². The molecule has 0 aliphatic carbocycles. The van der Waals surface area contributed by atoms with E-state index in [1.807, 2.05) is 45.3 Å². The third-order valence-electron chi connectivity index (χ3n) is 8.75. The van der Waals surface area contributed by atoms with Crippen molar-refractivity contribution in [2.45, 2.75) is 105 Å². The SMILES string of the molecule is CCCCc1c(-c2cccs2)sc(-c2ccc(-c3ccc(-c4sc(-c5cccs5)c(CCCC)c4CCCC)s3)s2)c1CCCC. The molecule has 0 nitrogen and oxygen atoms in total. The average Bonchev–Trinajstić information content (AvgIpc) is 3.92. The summed E-state index contributed by atoms with van der Waals surface area (Å²) in [6.07, 6.45) is 14.8. The van der Waals surface area contributed by atoms with E-state index in [0.29, 0.717) is 0 Å². The van der Waals surface area contributed by atoms with Crippen LogP contribution < -0.4 is 0 Å². The summed E-state index contributed by atoms with van der Waals surface area (Å²) >= 11 is 11.9. The van der Waals surface area contributed by atoms with Gasteiger partial charge in [0.15, 0.2) is 0 Å². The van der Waals surface area contributed by atoms with Gasteiger partial charge in [0.2, 0.25) is 0 Å². The van der Waals surface area contributed by atoms with Crippen molar-refractivity contribution < 1.29 is 0 Å². The number of unbranched alkanes of at least 4 members (excludes halogenated alkanes) is 4. The van der Waals surface area contributed by atoms with E-state index in [4.69, 9.17) is 0 Å². The first-order chi connectivity index (χ1) is 22.7. The highest BCUT2D eigenvalue weighted by atomic mass is 32.1. The minimum absolute atomic E-state index is 1.19. The lowest BCUT2D eigenvalue weighted by atomic mass is 9.97. The van der Waals surface area contributed by atoms with Crippen molar-refractivity contribution >= 4 is 68.0 Å². The van der Waals surface area contributed by atoms with Crippen molar-refractivity contribution in [2.75, 3.05) is 0 Å². The summed E-state index contributed by atoms with van der Waals surface area (Å²) in [5.74, 6) is 0. The smallest absolute Gasteiger partial charge is 0.0484 e. The van der Waals surface area contributed by atoms with Gasteiger partial charge in [0.05, 0.1) is 0 Å². The van der Waals surface area contributed by atoms with Crippen LogP contribution in [0, 0.1) is 0 Å². The number of thiophene rings is 6. The van der Waals surface area contributed by atoms with Crippen molar-refractivity contribution in [3.63, 3.8) is 0 Å². The van der Waals surface area contributed by atoms with Gasteiger partial charge in [-0.15, -0.1) is 68.0 Å². The second kappa shape index (κ2) is 16.5.